The first-order valence-corrected chi connectivity index (χ1v) is 11.2. The summed E-state index contributed by atoms with van der Waals surface area (Å²) in [5, 5.41) is 11.4. The number of hydrogen-bond acceptors (Lipinski definition) is 9. The van der Waals surface area contributed by atoms with Gasteiger partial charge >= 0.3 is 0 Å². The summed E-state index contributed by atoms with van der Waals surface area (Å²) in [5.74, 6) is 3.23. The monoisotopic (exact) mass is 411 g/mol. The lowest BCUT2D eigenvalue weighted by Gasteiger charge is -2.08. The molecule has 0 atom stereocenters. The maximum Gasteiger partial charge on any atom is 0.175 e. The molecule has 9 heteroatoms. The highest BCUT2D eigenvalue weighted by atomic mass is 32.2. The van der Waals surface area contributed by atoms with Gasteiger partial charge in [0.2, 0.25) is 0 Å². The van der Waals surface area contributed by atoms with Crippen molar-refractivity contribution in [2.45, 2.75) is 21.4 Å². The molecule has 25 heavy (non-hydrogen) atoms. The Balaban J connectivity index is 1.67. The molecule has 3 rings (SSSR count). The lowest BCUT2D eigenvalue weighted by Crippen LogP contribution is -1.90. The van der Waals surface area contributed by atoms with E-state index in [2.05, 4.69) is 22.5 Å². The van der Waals surface area contributed by atoms with Gasteiger partial charge in [-0.15, -0.1) is 21.5 Å². The second kappa shape index (κ2) is 8.88. The molecule has 0 saturated heterocycles. The van der Waals surface area contributed by atoms with Crippen LogP contribution in [-0.4, -0.2) is 35.2 Å². The van der Waals surface area contributed by atoms with Gasteiger partial charge < -0.3 is 9.47 Å². The van der Waals surface area contributed by atoms with Crippen LogP contribution in [0.5, 0.6) is 11.5 Å². The van der Waals surface area contributed by atoms with Gasteiger partial charge in [0.1, 0.15) is 5.01 Å². The molecule has 0 fully saturated rings. The van der Waals surface area contributed by atoms with E-state index in [9.17, 15) is 0 Å². The van der Waals surface area contributed by atoms with E-state index in [1.807, 2.05) is 18.2 Å². The summed E-state index contributed by atoms with van der Waals surface area (Å²) in [6, 6.07) is 5.85. The molecule has 0 spiro atoms. The zero-order valence-corrected chi connectivity index (χ0v) is 17.3. The molecule has 0 unspecified atom stereocenters. The van der Waals surface area contributed by atoms with E-state index in [-0.39, 0.29) is 0 Å². The zero-order chi connectivity index (χ0) is 17.6. The Bertz CT molecular complexity index is 834. The van der Waals surface area contributed by atoms with Crippen LogP contribution in [0.1, 0.15) is 12.6 Å². The number of thiazole rings is 1. The van der Waals surface area contributed by atoms with E-state index in [0.29, 0.717) is 5.75 Å². The number of thioether (sulfide) groups is 2. The van der Waals surface area contributed by atoms with E-state index in [1.54, 1.807) is 60.4 Å². The van der Waals surface area contributed by atoms with Crippen molar-refractivity contribution in [3.8, 4) is 22.1 Å². The van der Waals surface area contributed by atoms with Gasteiger partial charge in [0, 0.05) is 16.7 Å². The predicted molar refractivity (Wildman–Crippen MR) is 107 cm³/mol. The van der Waals surface area contributed by atoms with E-state index < -0.39 is 0 Å². The van der Waals surface area contributed by atoms with E-state index >= 15 is 0 Å². The average molecular weight is 412 g/mol. The molecule has 2 aromatic heterocycles. The molecule has 0 saturated carbocycles. The molecule has 5 nitrogen and oxygen atoms in total. The van der Waals surface area contributed by atoms with Gasteiger partial charge in [-0.3, -0.25) is 0 Å². The highest BCUT2D eigenvalue weighted by Gasteiger charge is 2.11. The Morgan fingerprint density at radius 2 is 1.80 bits per heavy atom. The third-order valence-electron chi connectivity index (χ3n) is 3.18. The van der Waals surface area contributed by atoms with Crippen LogP contribution in [-0.2, 0) is 5.75 Å². The van der Waals surface area contributed by atoms with Gasteiger partial charge in [0.15, 0.2) is 20.2 Å². The van der Waals surface area contributed by atoms with Gasteiger partial charge in [-0.2, -0.15) is 0 Å². The fourth-order valence-corrected chi connectivity index (χ4v) is 5.78. The molecular formula is C16H17N3O2S4. The van der Waals surface area contributed by atoms with Crippen molar-refractivity contribution in [3.63, 3.8) is 0 Å². The van der Waals surface area contributed by atoms with Crippen molar-refractivity contribution in [1.82, 2.24) is 15.2 Å². The second-order valence-corrected chi connectivity index (χ2v) is 9.34. The van der Waals surface area contributed by atoms with Crippen LogP contribution < -0.4 is 9.47 Å². The number of benzene rings is 1. The van der Waals surface area contributed by atoms with Crippen LogP contribution in [0.15, 0.2) is 32.3 Å². The number of methoxy groups -OCH3 is 2. The molecule has 0 aliphatic rings. The maximum absolute atomic E-state index is 5.36. The number of rotatable bonds is 8. The van der Waals surface area contributed by atoms with Crippen molar-refractivity contribution < 1.29 is 9.47 Å². The lowest BCUT2D eigenvalue weighted by molar-refractivity contribution is 0.355. The third-order valence-corrected chi connectivity index (χ3v) is 7.23. The SMILES string of the molecule is CCSc1nnc(SCc2csc(-c3ccc(OC)c(OC)c3)n2)s1. The molecule has 0 amide bonds. The van der Waals surface area contributed by atoms with Crippen LogP contribution in [0.2, 0.25) is 0 Å². The molecule has 0 bridgehead atoms. The molecule has 0 radical (unpaired) electrons. The Hall–Kier alpha value is -1.29. The van der Waals surface area contributed by atoms with Crippen molar-refractivity contribution >= 4 is 46.2 Å². The van der Waals surface area contributed by atoms with Gasteiger partial charge in [0.25, 0.3) is 0 Å². The standard InChI is InChI=1S/C16H17N3O2S4/c1-4-22-15-18-19-16(25-15)24-9-11-8-23-14(17-11)10-5-6-12(20-2)13(7-10)21-3/h5-8H,4,9H2,1-3H3. The van der Waals surface area contributed by atoms with Crippen LogP contribution in [0.3, 0.4) is 0 Å². The quantitative estimate of drug-likeness (QED) is 0.479. The van der Waals surface area contributed by atoms with E-state index in [0.717, 1.165) is 42.2 Å². The number of aromatic nitrogens is 3. The number of ether oxygens (including phenoxy) is 2. The minimum absolute atomic E-state index is 0.709. The third kappa shape index (κ3) is 4.66. The topological polar surface area (TPSA) is 57.1 Å². The van der Waals surface area contributed by atoms with E-state index in [1.165, 1.54) is 0 Å². The van der Waals surface area contributed by atoms with Crippen LogP contribution in [0.25, 0.3) is 10.6 Å². The number of hydrogen-bond donors (Lipinski definition) is 0. The number of nitrogens with zero attached hydrogens (tertiary/aromatic N) is 3. The highest BCUT2D eigenvalue weighted by molar-refractivity contribution is 8.02. The summed E-state index contributed by atoms with van der Waals surface area (Å²) in [5.41, 5.74) is 2.07. The van der Waals surface area contributed by atoms with Crippen LogP contribution >= 0.6 is 46.2 Å². The predicted octanol–water partition coefficient (Wildman–Crippen LogP) is 5.08. The largest absolute Gasteiger partial charge is 0.493 e. The zero-order valence-electron chi connectivity index (χ0n) is 14.0. The summed E-state index contributed by atoms with van der Waals surface area (Å²) in [4.78, 5) is 4.72. The first-order chi connectivity index (χ1) is 12.2. The Morgan fingerprint density at radius 3 is 2.52 bits per heavy atom. The summed E-state index contributed by atoms with van der Waals surface area (Å²) in [7, 11) is 3.27. The van der Waals surface area contributed by atoms with Crippen LogP contribution in [0, 0.1) is 0 Å². The van der Waals surface area contributed by atoms with Gasteiger partial charge in [0.05, 0.1) is 19.9 Å². The Labute approximate surface area is 163 Å². The summed E-state index contributed by atoms with van der Waals surface area (Å²) in [6.45, 7) is 2.11. The van der Waals surface area contributed by atoms with Crippen molar-refractivity contribution in [2.24, 2.45) is 0 Å². The van der Waals surface area contributed by atoms with Crippen molar-refractivity contribution in [1.29, 1.82) is 0 Å². The molecule has 0 aliphatic heterocycles. The molecule has 1 aromatic carbocycles. The molecule has 3 aromatic rings. The maximum atomic E-state index is 5.36. The van der Waals surface area contributed by atoms with Gasteiger partial charge in [-0.25, -0.2) is 4.98 Å². The van der Waals surface area contributed by atoms with Crippen molar-refractivity contribution in [2.75, 3.05) is 20.0 Å². The second-order valence-electron chi connectivity index (χ2n) is 4.77. The molecule has 0 N–H and O–H groups in total. The first-order valence-electron chi connectivity index (χ1n) is 7.49. The van der Waals surface area contributed by atoms with Gasteiger partial charge in [-0.05, 0) is 24.0 Å². The first kappa shape index (κ1) is 18.5. The lowest BCUT2D eigenvalue weighted by atomic mass is 10.2. The molecule has 0 aliphatic carbocycles. The van der Waals surface area contributed by atoms with E-state index in [4.69, 9.17) is 14.5 Å². The molecule has 132 valence electrons. The molecular weight excluding hydrogens is 394 g/mol. The Kier molecular flexibility index (Phi) is 6.57. The molecule has 2 heterocycles. The Morgan fingerprint density at radius 1 is 1.04 bits per heavy atom. The van der Waals surface area contributed by atoms with Crippen molar-refractivity contribution in [3.05, 3.63) is 29.3 Å². The van der Waals surface area contributed by atoms with Gasteiger partial charge in [-0.1, -0.05) is 41.8 Å². The summed E-state index contributed by atoms with van der Waals surface area (Å²) >= 11 is 6.66. The smallest absolute Gasteiger partial charge is 0.175 e. The summed E-state index contributed by atoms with van der Waals surface area (Å²) in [6.07, 6.45) is 0. The normalized spacial score (nSPS) is 10.8. The highest BCUT2D eigenvalue weighted by Crippen LogP contribution is 2.35. The summed E-state index contributed by atoms with van der Waals surface area (Å²) < 4.78 is 12.7. The average Bonchev–Trinajstić information content (AvgIpc) is 3.29. The fraction of sp³-hybridized carbons (Fsp3) is 0.312. The van der Waals surface area contributed by atoms with Crippen LogP contribution in [0.4, 0.5) is 0 Å². The fourth-order valence-electron chi connectivity index (χ4n) is 2.05. The minimum atomic E-state index is 0.709. The minimum Gasteiger partial charge on any atom is -0.493 e.